The van der Waals surface area contributed by atoms with Crippen LogP contribution in [0.4, 0.5) is 0 Å². The molecule has 0 N–H and O–H groups in total. The lowest BCUT2D eigenvalue weighted by atomic mass is 10.2. The minimum atomic E-state index is 0.185. The van der Waals surface area contributed by atoms with Gasteiger partial charge in [-0.3, -0.25) is 4.79 Å². The van der Waals surface area contributed by atoms with Crippen molar-refractivity contribution < 1.29 is 9.53 Å². The number of aldehydes is 1. The van der Waals surface area contributed by atoms with Crippen LogP contribution in [0.3, 0.4) is 0 Å². The first-order valence-corrected chi connectivity index (χ1v) is 3.49. The van der Waals surface area contributed by atoms with Crippen molar-refractivity contribution in [2.75, 3.05) is 6.61 Å². The summed E-state index contributed by atoms with van der Waals surface area (Å²) in [6, 6.07) is 6.95. The number of hydrogen-bond donors (Lipinski definition) is 0. The van der Waals surface area contributed by atoms with Crippen LogP contribution in [-0.2, 0) is 0 Å². The van der Waals surface area contributed by atoms with Crippen LogP contribution in [0.15, 0.2) is 24.3 Å². The Labute approximate surface area is 71.2 Å². The maximum absolute atomic E-state index is 10.5. The molecule has 0 spiro atoms. The van der Waals surface area contributed by atoms with Gasteiger partial charge in [0.1, 0.15) is 12.4 Å². The van der Waals surface area contributed by atoms with Gasteiger partial charge in [-0.1, -0.05) is 18.1 Å². The molecule has 0 aromatic heterocycles. The third-order valence-electron chi connectivity index (χ3n) is 1.36. The van der Waals surface area contributed by atoms with Crippen LogP contribution in [-0.4, -0.2) is 12.9 Å². The topological polar surface area (TPSA) is 26.3 Å². The molecule has 12 heavy (non-hydrogen) atoms. The normalized spacial score (nSPS) is 8.58. The third kappa shape index (κ3) is 1.86. The zero-order valence-corrected chi connectivity index (χ0v) is 6.49. The fourth-order valence-electron chi connectivity index (χ4n) is 0.829. The van der Waals surface area contributed by atoms with Gasteiger partial charge in [0.2, 0.25) is 0 Å². The van der Waals surface area contributed by atoms with Crippen molar-refractivity contribution in [2.24, 2.45) is 0 Å². The monoisotopic (exact) mass is 160 g/mol. The van der Waals surface area contributed by atoms with Gasteiger partial charge >= 0.3 is 0 Å². The minimum Gasteiger partial charge on any atom is -0.480 e. The number of hydrogen-bond acceptors (Lipinski definition) is 2. The molecule has 60 valence electrons. The predicted octanol–water partition coefficient (Wildman–Crippen LogP) is 1.51. The van der Waals surface area contributed by atoms with Gasteiger partial charge in [0.05, 0.1) is 5.56 Å². The fraction of sp³-hybridized carbons (Fsp3) is 0.100. The Hall–Kier alpha value is -1.75. The lowest BCUT2D eigenvalue weighted by Gasteiger charge is -2.03. The summed E-state index contributed by atoms with van der Waals surface area (Å²) in [5.41, 5.74) is 0.521. The Kier molecular flexibility index (Phi) is 2.92. The molecule has 1 aromatic rings. The molecular weight excluding hydrogens is 152 g/mol. The SMILES string of the molecule is C#CCOc1ccccc1C=O. The molecule has 0 aliphatic heterocycles. The van der Waals surface area contributed by atoms with Gasteiger partial charge in [-0.25, -0.2) is 0 Å². The maximum atomic E-state index is 10.5. The number of carbonyl (C=O) groups excluding carboxylic acids is 1. The quantitative estimate of drug-likeness (QED) is 0.495. The zero-order valence-electron chi connectivity index (χ0n) is 6.49. The molecule has 2 nitrogen and oxygen atoms in total. The standard InChI is InChI=1S/C10H8O2/c1-2-7-12-10-6-4-3-5-9(10)8-11/h1,3-6,8H,7H2. The van der Waals surface area contributed by atoms with Crippen LogP contribution >= 0.6 is 0 Å². The molecule has 0 amide bonds. The Morgan fingerprint density at radius 3 is 2.92 bits per heavy atom. The summed E-state index contributed by atoms with van der Waals surface area (Å²) < 4.78 is 5.11. The molecule has 0 radical (unpaired) electrons. The second-order valence-corrected chi connectivity index (χ2v) is 2.15. The highest BCUT2D eigenvalue weighted by molar-refractivity contribution is 5.79. The van der Waals surface area contributed by atoms with Crippen molar-refractivity contribution in [3.05, 3.63) is 29.8 Å². The third-order valence-corrected chi connectivity index (χ3v) is 1.36. The number of rotatable bonds is 3. The van der Waals surface area contributed by atoms with Crippen LogP contribution in [0.5, 0.6) is 5.75 Å². The van der Waals surface area contributed by atoms with Crippen LogP contribution in [0.1, 0.15) is 10.4 Å². The maximum Gasteiger partial charge on any atom is 0.153 e. The fourth-order valence-corrected chi connectivity index (χ4v) is 0.829. The Bertz CT molecular complexity index is 310. The number of ether oxygens (including phenoxy) is 1. The van der Waals surface area contributed by atoms with E-state index in [0.29, 0.717) is 11.3 Å². The highest BCUT2D eigenvalue weighted by Crippen LogP contribution is 2.14. The van der Waals surface area contributed by atoms with Gasteiger partial charge in [-0.2, -0.15) is 0 Å². The lowest BCUT2D eigenvalue weighted by Crippen LogP contribution is -1.96. The van der Waals surface area contributed by atoms with Crippen LogP contribution in [0, 0.1) is 12.3 Å². The average molecular weight is 160 g/mol. The summed E-state index contributed by atoms with van der Waals surface area (Å²) in [6.07, 6.45) is 5.75. The molecule has 0 saturated heterocycles. The summed E-state index contributed by atoms with van der Waals surface area (Å²) >= 11 is 0. The highest BCUT2D eigenvalue weighted by Gasteiger charge is 1.98. The van der Waals surface area contributed by atoms with Gasteiger partial charge in [0, 0.05) is 0 Å². The Morgan fingerprint density at radius 1 is 1.50 bits per heavy atom. The molecule has 0 bridgehead atoms. The number of terminal acetylenes is 1. The zero-order chi connectivity index (χ0) is 8.81. The van der Waals surface area contributed by atoms with E-state index in [2.05, 4.69) is 5.92 Å². The molecule has 0 heterocycles. The largest absolute Gasteiger partial charge is 0.480 e. The molecule has 0 saturated carbocycles. The second kappa shape index (κ2) is 4.20. The van der Waals surface area contributed by atoms with E-state index < -0.39 is 0 Å². The van der Waals surface area contributed by atoms with E-state index in [-0.39, 0.29) is 6.61 Å². The molecule has 0 unspecified atom stereocenters. The molecule has 1 aromatic carbocycles. The van der Waals surface area contributed by atoms with Gasteiger partial charge in [0.25, 0.3) is 0 Å². The summed E-state index contributed by atoms with van der Waals surface area (Å²) in [5, 5.41) is 0. The van der Waals surface area contributed by atoms with Crippen LogP contribution < -0.4 is 4.74 Å². The molecule has 1 rings (SSSR count). The Balaban J connectivity index is 2.83. The predicted molar refractivity (Wildman–Crippen MR) is 46.2 cm³/mol. The first-order chi connectivity index (χ1) is 5.88. The van der Waals surface area contributed by atoms with Crippen molar-refractivity contribution in [3.63, 3.8) is 0 Å². The lowest BCUT2D eigenvalue weighted by molar-refractivity contribution is 0.112. The van der Waals surface area contributed by atoms with Gasteiger partial charge in [0.15, 0.2) is 6.29 Å². The van der Waals surface area contributed by atoms with Crippen molar-refractivity contribution in [3.8, 4) is 18.1 Å². The van der Waals surface area contributed by atoms with Gasteiger partial charge in [-0.05, 0) is 12.1 Å². The van der Waals surface area contributed by atoms with Gasteiger partial charge in [-0.15, -0.1) is 6.42 Å². The number of carbonyl (C=O) groups is 1. The van der Waals surface area contributed by atoms with E-state index in [1.54, 1.807) is 24.3 Å². The van der Waals surface area contributed by atoms with E-state index in [9.17, 15) is 4.79 Å². The molecule has 0 aliphatic rings. The molecule has 2 heteroatoms. The summed E-state index contributed by atoms with van der Waals surface area (Å²) in [6.45, 7) is 0.185. The first kappa shape index (κ1) is 8.35. The summed E-state index contributed by atoms with van der Waals surface area (Å²) in [7, 11) is 0. The van der Waals surface area contributed by atoms with Crippen LogP contribution in [0.25, 0.3) is 0 Å². The van der Waals surface area contributed by atoms with E-state index in [1.807, 2.05) is 0 Å². The van der Waals surface area contributed by atoms with E-state index >= 15 is 0 Å². The molecular formula is C10H8O2. The van der Waals surface area contributed by atoms with Crippen molar-refractivity contribution in [1.29, 1.82) is 0 Å². The number of benzene rings is 1. The van der Waals surface area contributed by atoms with Crippen molar-refractivity contribution in [2.45, 2.75) is 0 Å². The second-order valence-electron chi connectivity index (χ2n) is 2.15. The van der Waals surface area contributed by atoms with Gasteiger partial charge < -0.3 is 4.74 Å². The van der Waals surface area contributed by atoms with E-state index in [4.69, 9.17) is 11.2 Å². The van der Waals surface area contributed by atoms with Crippen molar-refractivity contribution >= 4 is 6.29 Å². The smallest absolute Gasteiger partial charge is 0.153 e. The Morgan fingerprint density at radius 2 is 2.25 bits per heavy atom. The van der Waals surface area contributed by atoms with E-state index in [0.717, 1.165) is 6.29 Å². The molecule has 0 aliphatic carbocycles. The number of para-hydroxylation sites is 1. The highest BCUT2D eigenvalue weighted by atomic mass is 16.5. The van der Waals surface area contributed by atoms with Crippen LogP contribution in [0.2, 0.25) is 0 Å². The average Bonchev–Trinajstić information content (AvgIpc) is 2.15. The van der Waals surface area contributed by atoms with Crippen molar-refractivity contribution in [1.82, 2.24) is 0 Å². The summed E-state index contributed by atoms with van der Waals surface area (Å²) in [4.78, 5) is 10.5. The minimum absolute atomic E-state index is 0.185. The summed E-state index contributed by atoms with van der Waals surface area (Å²) in [5.74, 6) is 2.86. The van der Waals surface area contributed by atoms with E-state index in [1.165, 1.54) is 0 Å². The molecule has 0 fully saturated rings. The molecule has 0 atom stereocenters. The first-order valence-electron chi connectivity index (χ1n) is 3.49.